The number of rotatable bonds is 2. The quantitative estimate of drug-likeness (QED) is 0.474. The Morgan fingerprint density at radius 1 is 1.12 bits per heavy atom. The minimum Gasteiger partial charge on any atom is -0.456 e. The number of carbonyl (C=O) groups excluding carboxylic acids is 2. The maximum absolute atomic E-state index is 13.3. The first kappa shape index (κ1) is 22.9. The summed E-state index contributed by atoms with van der Waals surface area (Å²) in [4.78, 5) is 25.7. The second-order valence-electron chi connectivity index (χ2n) is 12.8. The Balaban J connectivity index is 1.31. The fraction of sp³-hybridized carbons (Fsp3) is 0.786. The molecule has 0 aromatic heterocycles. The zero-order valence-corrected chi connectivity index (χ0v) is 21.0. The maximum atomic E-state index is 13.3. The van der Waals surface area contributed by atoms with E-state index in [9.17, 15) is 19.8 Å². The molecular weight excluding hydrogens is 432 g/mol. The zero-order chi connectivity index (χ0) is 24.4. The number of ether oxygens (including phenoxy) is 2. The molecule has 4 fully saturated rings. The normalized spacial score (nSPS) is 53.3. The van der Waals surface area contributed by atoms with E-state index in [2.05, 4.69) is 6.92 Å². The summed E-state index contributed by atoms with van der Waals surface area (Å²) >= 11 is 0. The van der Waals surface area contributed by atoms with E-state index in [1.54, 1.807) is 19.1 Å². The van der Waals surface area contributed by atoms with E-state index in [-0.39, 0.29) is 35.1 Å². The summed E-state index contributed by atoms with van der Waals surface area (Å²) in [5.41, 5.74) is -1.02. The molecule has 0 aromatic carbocycles. The molecule has 1 saturated heterocycles. The van der Waals surface area contributed by atoms with Gasteiger partial charge in [0, 0.05) is 12.0 Å². The third-order valence-electron chi connectivity index (χ3n) is 11.7. The van der Waals surface area contributed by atoms with Crippen LogP contribution in [-0.4, -0.2) is 51.5 Å². The number of cyclic esters (lactones) is 1. The van der Waals surface area contributed by atoms with Crippen molar-refractivity contribution < 1.29 is 29.3 Å². The molecule has 7 unspecified atom stereocenters. The van der Waals surface area contributed by atoms with Crippen molar-refractivity contribution in [1.82, 2.24) is 0 Å². The highest BCUT2D eigenvalue weighted by molar-refractivity contribution is 5.98. The molecule has 34 heavy (non-hydrogen) atoms. The first-order valence-electron chi connectivity index (χ1n) is 13.1. The highest BCUT2D eigenvalue weighted by Gasteiger charge is 2.80. The van der Waals surface area contributed by atoms with Crippen LogP contribution in [0.3, 0.4) is 0 Å². The van der Waals surface area contributed by atoms with Crippen molar-refractivity contribution >= 4 is 11.8 Å². The summed E-state index contributed by atoms with van der Waals surface area (Å²) in [6.45, 7) is 9.96. The van der Waals surface area contributed by atoms with Crippen molar-refractivity contribution in [3.8, 4) is 0 Å². The van der Waals surface area contributed by atoms with Gasteiger partial charge in [0.25, 0.3) is 0 Å². The van der Waals surface area contributed by atoms with Gasteiger partial charge in [0.1, 0.15) is 23.4 Å². The van der Waals surface area contributed by atoms with Crippen LogP contribution in [0, 0.1) is 34.5 Å². The van der Waals surface area contributed by atoms with Gasteiger partial charge in [-0.15, -0.1) is 0 Å². The van der Waals surface area contributed by atoms with Crippen LogP contribution in [0.25, 0.3) is 0 Å². The zero-order valence-electron chi connectivity index (χ0n) is 21.0. The molecule has 6 rings (SSSR count). The Labute approximate surface area is 201 Å². The second-order valence-corrected chi connectivity index (χ2v) is 12.8. The second kappa shape index (κ2) is 6.83. The number of hydrogen-bond acceptors (Lipinski definition) is 6. The van der Waals surface area contributed by atoms with Crippen LogP contribution in [0.1, 0.15) is 73.1 Å². The number of carbonyl (C=O) groups is 2. The van der Waals surface area contributed by atoms with Crippen molar-refractivity contribution in [2.75, 3.05) is 0 Å². The molecule has 0 radical (unpaired) electrons. The van der Waals surface area contributed by atoms with E-state index in [4.69, 9.17) is 9.47 Å². The first-order chi connectivity index (χ1) is 15.9. The fourth-order valence-electron chi connectivity index (χ4n) is 9.56. The number of allylic oxidation sites excluding steroid dienone is 1. The van der Waals surface area contributed by atoms with E-state index in [0.29, 0.717) is 23.8 Å². The molecule has 6 aliphatic rings. The molecule has 2 aliphatic heterocycles. The van der Waals surface area contributed by atoms with Gasteiger partial charge in [-0.05, 0) is 101 Å². The van der Waals surface area contributed by atoms with Crippen LogP contribution >= 0.6 is 0 Å². The minimum absolute atomic E-state index is 0.0158. The number of esters is 1. The summed E-state index contributed by atoms with van der Waals surface area (Å²) in [6, 6.07) is 0. The molecule has 0 aromatic rings. The molecule has 2 heterocycles. The molecule has 3 saturated carbocycles. The van der Waals surface area contributed by atoms with Crippen molar-refractivity contribution in [3.63, 3.8) is 0 Å². The average Bonchev–Trinajstić information content (AvgIpc) is 3.40. The van der Waals surface area contributed by atoms with Gasteiger partial charge in [0.15, 0.2) is 5.78 Å². The van der Waals surface area contributed by atoms with Gasteiger partial charge in [-0.3, -0.25) is 4.79 Å². The predicted octanol–water partition coefficient (Wildman–Crippen LogP) is 3.50. The molecule has 2 N–H and O–H groups in total. The van der Waals surface area contributed by atoms with Crippen molar-refractivity contribution in [2.45, 2.75) is 103 Å². The Bertz CT molecular complexity index is 1030. The Kier molecular flexibility index (Phi) is 4.61. The van der Waals surface area contributed by atoms with E-state index in [0.717, 1.165) is 37.7 Å². The first-order valence-corrected chi connectivity index (χ1v) is 13.1. The van der Waals surface area contributed by atoms with Gasteiger partial charge in [0.05, 0.1) is 11.5 Å². The molecular formula is C28H38O6. The van der Waals surface area contributed by atoms with Gasteiger partial charge < -0.3 is 19.7 Å². The molecule has 6 heteroatoms. The smallest absolute Gasteiger partial charge is 0.334 e. The molecule has 0 bridgehead atoms. The minimum atomic E-state index is -1.12. The molecule has 1 spiro atoms. The van der Waals surface area contributed by atoms with Crippen LogP contribution in [0.4, 0.5) is 0 Å². The Hall–Kier alpha value is -1.50. The molecule has 4 aliphatic carbocycles. The number of fused-ring (bicyclic) bond motifs is 4. The van der Waals surface area contributed by atoms with Crippen LogP contribution in [0.2, 0.25) is 0 Å². The topological polar surface area (TPSA) is 96.4 Å². The van der Waals surface area contributed by atoms with Gasteiger partial charge in [0.2, 0.25) is 0 Å². The Morgan fingerprint density at radius 3 is 2.56 bits per heavy atom. The monoisotopic (exact) mass is 470 g/mol. The van der Waals surface area contributed by atoms with Crippen molar-refractivity contribution in [1.29, 1.82) is 0 Å². The van der Waals surface area contributed by atoms with Crippen LogP contribution < -0.4 is 0 Å². The van der Waals surface area contributed by atoms with Crippen LogP contribution in [-0.2, 0) is 19.1 Å². The van der Waals surface area contributed by atoms with Crippen molar-refractivity contribution in [3.05, 3.63) is 23.3 Å². The lowest BCUT2D eigenvalue weighted by Gasteiger charge is -2.59. The average molecular weight is 471 g/mol. The van der Waals surface area contributed by atoms with E-state index in [1.165, 1.54) is 0 Å². The van der Waals surface area contributed by atoms with Crippen molar-refractivity contribution in [2.24, 2.45) is 34.5 Å². The fourth-order valence-corrected chi connectivity index (χ4v) is 9.56. The van der Waals surface area contributed by atoms with E-state index < -0.39 is 28.8 Å². The predicted molar refractivity (Wildman–Crippen MR) is 125 cm³/mol. The molecule has 6 nitrogen and oxygen atoms in total. The maximum Gasteiger partial charge on any atom is 0.334 e. The number of ketones is 1. The lowest BCUT2D eigenvalue weighted by molar-refractivity contribution is -0.184. The lowest BCUT2D eigenvalue weighted by Crippen LogP contribution is -2.64. The summed E-state index contributed by atoms with van der Waals surface area (Å²) < 4.78 is 12.0. The third-order valence-corrected chi connectivity index (χ3v) is 11.7. The number of aliphatic hydroxyl groups is 2. The molecule has 186 valence electrons. The standard InChI is InChI=1S/C28H38O6/c1-14-12-22(33-24(31)15(14)2)27(5,32)19-7-6-17-16-13-23-28(34-23)21(30)9-8-20(29)26(28,4)18(16)10-11-25(17,19)3/h8-9,16-19,21-23,30,32H,6-7,10-13H2,1-5H3/t16?,17?,18?,19?,21?,22?,23-,25+,26+,27-,28?/m1/s1. The van der Waals surface area contributed by atoms with Crippen LogP contribution in [0.5, 0.6) is 0 Å². The summed E-state index contributed by atoms with van der Waals surface area (Å²) in [5.74, 6) is 0.651. The number of aliphatic hydroxyl groups excluding tert-OH is 1. The lowest BCUT2D eigenvalue weighted by atomic mass is 9.44. The number of hydrogen-bond donors (Lipinski definition) is 2. The highest BCUT2D eigenvalue weighted by atomic mass is 16.6. The summed E-state index contributed by atoms with van der Waals surface area (Å²) in [7, 11) is 0. The highest BCUT2D eigenvalue weighted by Crippen LogP contribution is 2.73. The molecule has 11 atom stereocenters. The van der Waals surface area contributed by atoms with Gasteiger partial charge in [-0.25, -0.2) is 4.79 Å². The van der Waals surface area contributed by atoms with Crippen LogP contribution in [0.15, 0.2) is 23.3 Å². The summed E-state index contributed by atoms with van der Waals surface area (Å²) in [5, 5.41) is 22.7. The number of epoxide rings is 1. The molecule has 0 amide bonds. The SMILES string of the molecule is CC1=C(C)C(=O)OC([C@](C)(O)C2CCC3C4C[C@H]5OC56C(O)C=CC(=O)[C@]6(C)C4CC[C@@]32C)C1. The Morgan fingerprint density at radius 2 is 1.85 bits per heavy atom. The van der Waals surface area contributed by atoms with Gasteiger partial charge in [-0.1, -0.05) is 12.5 Å². The van der Waals surface area contributed by atoms with Gasteiger partial charge >= 0.3 is 5.97 Å². The third kappa shape index (κ3) is 2.53. The van der Waals surface area contributed by atoms with Gasteiger partial charge in [-0.2, -0.15) is 0 Å². The van der Waals surface area contributed by atoms with E-state index >= 15 is 0 Å². The van der Waals surface area contributed by atoms with E-state index in [1.807, 2.05) is 20.8 Å². The summed E-state index contributed by atoms with van der Waals surface area (Å²) in [6.07, 6.45) is 6.96. The largest absolute Gasteiger partial charge is 0.456 e.